The molecule has 0 aliphatic carbocycles. The Kier molecular flexibility index (Phi) is 5.79. The Hall–Kier alpha value is -3.78. The van der Waals surface area contributed by atoms with Crippen LogP contribution in [0.4, 0.5) is 15.9 Å². The molecule has 186 valence electrons. The van der Waals surface area contributed by atoms with Gasteiger partial charge in [0.2, 0.25) is 0 Å². The van der Waals surface area contributed by atoms with Gasteiger partial charge in [-0.3, -0.25) is 4.79 Å². The first-order chi connectivity index (χ1) is 17.1. The second-order valence-electron chi connectivity index (χ2n) is 10.4. The summed E-state index contributed by atoms with van der Waals surface area (Å²) < 4.78 is 17.9. The summed E-state index contributed by atoms with van der Waals surface area (Å²) >= 11 is 0. The molecule has 1 aliphatic rings. The van der Waals surface area contributed by atoms with Crippen LogP contribution in [0.5, 0.6) is 0 Å². The van der Waals surface area contributed by atoms with Crippen molar-refractivity contribution in [3.05, 3.63) is 88.5 Å². The fourth-order valence-electron chi connectivity index (χ4n) is 4.85. The monoisotopic (exact) mass is 486 g/mol. The molecule has 0 saturated carbocycles. The Morgan fingerprint density at radius 1 is 1.25 bits per heavy atom. The molecule has 0 fully saturated rings. The van der Waals surface area contributed by atoms with Crippen molar-refractivity contribution in [2.45, 2.75) is 51.9 Å². The standard InChI is InChI=1S/C28H31FN6O/c1-6-12-34-26(36)20-16-31-24(32-19-10-11-21-18(13-19)15-30-17-27(21,2)3)14-22(20)35(34)25-9-7-8-23(33-25)28(4,5)29/h6-11,13-14,16,30H,1,12,15,17H2,2-5H3,(H,31,32). The maximum atomic E-state index is 14.7. The largest absolute Gasteiger partial charge is 0.340 e. The van der Waals surface area contributed by atoms with Crippen LogP contribution in [0.3, 0.4) is 0 Å². The number of hydrogen-bond donors (Lipinski definition) is 2. The van der Waals surface area contributed by atoms with Crippen LogP contribution in [0, 0.1) is 0 Å². The van der Waals surface area contributed by atoms with E-state index in [1.54, 1.807) is 35.2 Å². The summed E-state index contributed by atoms with van der Waals surface area (Å²) in [5, 5.41) is 7.32. The lowest BCUT2D eigenvalue weighted by molar-refractivity contribution is 0.214. The minimum atomic E-state index is -1.62. The Balaban J connectivity index is 1.60. The lowest BCUT2D eigenvalue weighted by Crippen LogP contribution is -2.38. The first-order valence-corrected chi connectivity index (χ1v) is 12.1. The van der Waals surface area contributed by atoms with Crippen LogP contribution in [0.15, 0.2) is 66.1 Å². The number of nitrogens with zero attached hydrogens (tertiary/aromatic N) is 4. The van der Waals surface area contributed by atoms with Crippen molar-refractivity contribution in [2.75, 3.05) is 11.9 Å². The van der Waals surface area contributed by atoms with Gasteiger partial charge in [0.15, 0.2) is 5.82 Å². The number of benzene rings is 1. The number of nitrogens with one attached hydrogen (secondary N) is 2. The number of allylic oxidation sites excluding steroid dienone is 1. The van der Waals surface area contributed by atoms with E-state index >= 15 is 0 Å². The van der Waals surface area contributed by atoms with Crippen molar-refractivity contribution in [3.8, 4) is 5.82 Å². The highest BCUT2D eigenvalue weighted by molar-refractivity contribution is 5.82. The number of aromatic nitrogens is 4. The van der Waals surface area contributed by atoms with Crippen molar-refractivity contribution in [1.29, 1.82) is 0 Å². The van der Waals surface area contributed by atoms with Gasteiger partial charge in [0, 0.05) is 36.5 Å². The number of rotatable bonds is 6. The van der Waals surface area contributed by atoms with Crippen LogP contribution >= 0.6 is 0 Å². The third kappa shape index (κ3) is 4.22. The zero-order chi connectivity index (χ0) is 25.7. The zero-order valence-electron chi connectivity index (χ0n) is 21.1. The van der Waals surface area contributed by atoms with Gasteiger partial charge in [-0.15, -0.1) is 6.58 Å². The van der Waals surface area contributed by atoms with E-state index in [2.05, 4.69) is 59.2 Å². The molecule has 4 heterocycles. The summed E-state index contributed by atoms with van der Waals surface area (Å²) in [4.78, 5) is 22.3. The second kappa shape index (κ2) is 8.71. The third-order valence-electron chi connectivity index (χ3n) is 6.67. The molecule has 0 spiro atoms. The lowest BCUT2D eigenvalue weighted by Gasteiger charge is -2.33. The molecule has 0 radical (unpaired) electrons. The van der Waals surface area contributed by atoms with Gasteiger partial charge in [-0.05, 0) is 49.2 Å². The summed E-state index contributed by atoms with van der Waals surface area (Å²) in [7, 11) is 0. The predicted octanol–water partition coefficient (Wildman–Crippen LogP) is 5.10. The Morgan fingerprint density at radius 3 is 2.81 bits per heavy atom. The number of anilines is 2. The smallest absolute Gasteiger partial charge is 0.276 e. The molecule has 2 N–H and O–H groups in total. The Morgan fingerprint density at radius 2 is 2.06 bits per heavy atom. The molecular formula is C28H31FN6O. The highest BCUT2D eigenvalue weighted by Crippen LogP contribution is 2.32. The van der Waals surface area contributed by atoms with Crippen LogP contribution in [-0.2, 0) is 24.2 Å². The lowest BCUT2D eigenvalue weighted by atomic mass is 9.79. The molecule has 1 aromatic carbocycles. The van der Waals surface area contributed by atoms with E-state index in [9.17, 15) is 9.18 Å². The van der Waals surface area contributed by atoms with Crippen molar-refractivity contribution in [1.82, 2.24) is 24.6 Å². The summed E-state index contributed by atoms with van der Waals surface area (Å²) in [6, 6.07) is 13.3. The number of fused-ring (bicyclic) bond motifs is 2. The van der Waals surface area contributed by atoms with E-state index in [1.165, 1.54) is 29.7 Å². The van der Waals surface area contributed by atoms with Crippen molar-refractivity contribution in [3.63, 3.8) is 0 Å². The molecule has 0 amide bonds. The van der Waals surface area contributed by atoms with Crippen LogP contribution in [0.2, 0.25) is 0 Å². The molecule has 8 heteroatoms. The third-order valence-corrected chi connectivity index (χ3v) is 6.67. The second-order valence-corrected chi connectivity index (χ2v) is 10.4. The maximum Gasteiger partial charge on any atom is 0.276 e. The van der Waals surface area contributed by atoms with Crippen LogP contribution in [0.1, 0.15) is 44.5 Å². The molecule has 0 atom stereocenters. The SMILES string of the molecule is C=CCn1c(=O)c2cnc(Nc3ccc4c(c3)CNCC4(C)C)cc2n1-c1cccc(C(C)(C)F)n1. The average Bonchev–Trinajstić information content (AvgIpc) is 3.09. The van der Waals surface area contributed by atoms with Gasteiger partial charge < -0.3 is 10.6 Å². The van der Waals surface area contributed by atoms with Crippen molar-refractivity contribution < 1.29 is 4.39 Å². The first kappa shape index (κ1) is 23.9. The number of alkyl halides is 1. The van der Waals surface area contributed by atoms with E-state index in [1.807, 2.05) is 6.07 Å². The molecule has 4 aromatic rings. The fourth-order valence-corrected chi connectivity index (χ4v) is 4.85. The van der Waals surface area contributed by atoms with Crippen molar-refractivity contribution >= 4 is 22.4 Å². The highest BCUT2D eigenvalue weighted by atomic mass is 19.1. The molecule has 3 aromatic heterocycles. The van der Waals surface area contributed by atoms with E-state index in [-0.39, 0.29) is 23.2 Å². The van der Waals surface area contributed by atoms with E-state index in [0.29, 0.717) is 22.5 Å². The summed E-state index contributed by atoms with van der Waals surface area (Å²) in [5.41, 5.74) is 2.67. The van der Waals surface area contributed by atoms with Gasteiger partial charge in [-0.1, -0.05) is 32.1 Å². The Bertz CT molecular complexity index is 1530. The Labute approximate surface area is 209 Å². The van der Waals surface area contributed by atoms with Crippen LogP contribution in [0.25, 0.3) is 16.7 Å². The molecule has 36 heavy (non-hydrogen) atoms. The van der Waals surface area contributed by atoms with Gasteiger partial charge in [-0.2, -0.15) is 0 Å². The highest BCUT2D eigenvalue weighted by Gasteiger charge is 2.27. The number of pyridine rings is 2. The van der Waals surface area contributed by atoms with Gasteiger partial charge in [0.05, 0.1) is 23.1 Å². The molecule has 0 unspecified atom stereocenters. The van der Waals surface area contributed by atoms with Gasteiger partial charge in [-0.25, -0.2) is 23.7 Å². The molecule has 0 saturated heterocycles. The predicted molar refractivity (Wildman–Crippen MR) is 142 cm³/mol. The van der Waals surface area contributed by atoms with Gasteiger partial charge >= 0.3 is 0 Å². The molecular weight excluding hydrogens is 455 g/mol. The van der Waals surface area contributed by atoms with Gasteiger partial charge in [0.1, 0.15) is 11.5 Å². The van der Waals surface area contributed by atoms with Gasteiger partial charge in [0.25, 0.3) is 5.56 Å². The van der Waals surface area contributed by atoms with Crippen molar-refractivity contribution in [2.24, 2.45) is 0 Å². The minimum absolute atomic E-state index is 0.0725. The molecule has 5 rings (SSSR count). The fraction of sp³-hybridized carbons (Fsp3) is 0.321. The first-order valence-electron chi connectivity index (χ1n) is 12.1. The van der Waals surface area contributed by atoms with E-state index in [0.717, 1.165) is 18.8 Å². The molecule has 0 bridgehead atoms. The van der Waals surface area contributed by atoms with Crippen LogP contribution in [-0.4, -0.2) is 25.9 Å². The minimum Gasteiger partial charge on any atom is -0.340 e. The topological polar surface area (TPSA) is 76.8 Å². The zero-order valence-corrected chi connectivity index (χ0v) is 21.1. The van der Waals surface area contributed by atoms with E-state index in [4.69, 9.17) is 0 Å². The molecule has 7 nitrogen and oxygen atoms in total. The summed E-state index contributed by atoms with van der Waals surface area (Å²) in [5.74, 6) is 1.04. The normalized spacial score (nSPS) is 15.0. The quantitative estimate of drug-likeness (QED) is 0.371. The maximum absolute atomic E-state index is 14.7. The number of halogens is 1. The average molecular weight is 487 g/mol. The molecule has 1 aliphatic heterocycles. The number of hydrogen-bond acceptors (Lipinski definition) is 5. The summed E-state index contributed by atoms with van der Waals surface area (Å²) in [6.45, 7) is 13.2. The van der Waals surface area contributed by atoms with E-state index < -0.39 is 5.67 Å². The van der Waals surface area contributed by atoms with Crippen LogP contribution < -0.4 is 16.2 Å². The summed E-state index contributed by atoms with van der Waals surface area (Å²) in [6.07, 6.45) is 3.22.